The Kier molecular flexibility index (Phi) is 7.60. The molecular weight excluding hydrogens is 463 g/mol. The van der Waals surface area contributed by atoms with Crippen molar-refractivity contribution in [1.29, 1.82) is 0 Å². The number of benzene rings is 3. The van der Waals surface area contributed by atoms with Crippen LogP contribution in [0.15, 0.2) is 60.7 Å². The first-order valence-electron chi connectivity index (χ1n) is 10.6. The normalized spacial score (nSPS) is 13.6. The Bertz CT molecular complexity index is 1130. The summed E-state index contributed by atoms with van der Waals surface area (Å²) in [6, 6.07) is 18.5. The van der Waals surface area contributed by atoms with E-state index in [-0.39, 0.29) is 5.56 Å². The second-order valence-corrected chi connectivity index (χ2v) is 8.51. The molecular formula is C25H24Cl2N2O4. The first-order valence-corrected chi connectivity index (χ1v) is 11.3. The van der Waals surface area contributed by atoms with Crippen LogP contribution in [0.1, 0.15) is 21.5 Å². The molecule has 6 nitrogen and oxygen atoms in total. The minimum atomic E-state index is -0.948. The summed E-state index contributed by atoms with van der Waals surface area (Å²) in [6.07, 6.45) is 0. The van der Waals surface area contributed by atoms with E-state index >= 15 is 0 Å². The molecule has 0 aliphatic carbocycles. The van der Waals surface area contributed by atoms with E-state index in [2.05, 4.69) is 5.32 Å². The van der Waals surface area contributed by atoms with Gasteiger partial charge in [0.2, 0.25) is 0 Å². The number of aromatic carboxylic acids is 1. The second-order valence-electron chi connectivity index (χ2n) is 7.66. The number of carbonyl (C=O) groups is 1. The fourth-order valence-corrected chi connectivity index (χ4v) is 4.11. The third-order valence-corrected chi connectivity index (χ3v) is 5.97. The van der Waals surface area contributed by atoms with Crippen molar-refractivity contribution in [2.24, 2.45) is 0 Å². The predicted octanol–water partition coefficient (Wildman–Crippen LogP) is 5.72. The Balaban J connectivity index is 1.40. The second kappa shape index (κ2) is 10.8. The predicted molar refractivity (Wildman–Crippen MR) is 131 cm³/mol. The number of carboxylic acids is 1. The summed E-state index contributed by atoms with van der Waals surface area (Å²) in [7, 11) is 0. The Labute approximate surface area is 202 Å². The zero-order valence-corrected chi connectivity index (χ0v) is 19.4. The van der Waals surface area contributed by atoms with Gasteiger partial charge in [0.15, 0.2) is 0 Å². The van der Waals surface area contributed by atoms with Gasteiger partial charge in [-0.2, -0.15) is 0 Å². The van der Waals surface area contributed by atoms with Crippen LogP contribution in [0.4, 0.5) is 11.4 Å². The van der Waals surface area contributed by atoms with Gasteiger partial charge in [-0.15, -0.1) is 0 Å². The fourth-order valence-electron chi connectivity index (χ4n) is 3.65. The Morgan fingerprint density at radius 2 is 1.88 bits per heavy atom. The number of morpholine rings is 1. The molecule has 1 saturated heterocycles. The van der Waals surface area contributed by atoms with Crippen LogP contribution in [-0.2, 0) is 17.9 Å². The lowest BCUT2D eigenvalue weighted by molar-refractivity contribution is 0.0696. The average Bonchev–Trinajstić information content (AvgIpc) is 2.83. The van der Waals surface area contributed by atoms with Crippen molar-refractivity contribution in [3.63, 3.8) is 0 Å². The van der Waals surface area contributed by atoms with E-state index in [9.17, 15) is 9.90 Å². The quantitative estimate of drug-likeness (QED) is 0.424. The summed E-state index contributed by atoms with van der Waals surface area (Å²) in [6.45, 7) is 3.41. The molecule has 33 heavy (non-hydrogen) atoms. The Morgan fingerprint density at radius 1 is 1.06 bits per heavy atom. The monoisotopic (exact) mass is 486 g/mol. The number of hydrogen-bond donors (Lipinski definition) is 2. The van der Waals surface area contributed by atoms with Crippen molar-refractivity contribution in [1.82, 2.24) is 0 Å². The number of carboxylic acid groups (broad SMARTS) is 1. The molecule has 1 fully saturated rings. The van der Waals surface area contributed by atoms with Gasteiger partial charge in [-0.1, -0.05) is 41.4 Å². The molecule has 0 aromatic heterocycles. The third kappa shape index (κ3) is 6.11. The number of anilines is 2. The van der Waals surface area contributed by atoms with Crippen molar-refractivity contribution >= 4 is 40.5 Å². The van der Waals surface area contributed by atoms with Crippen molar-refractivity contribution in [3.8, 4) is 5.75 Å². The van der Waals surface area contributed by atoms with Gasteiger partial charge in [0, 0.05) is 40.9 Å². The van der Waals surface area contributed by atoms with Crippen molar-refractivity contribution in [2.45, 2.75) is 13.2 Å². The Hall–Kier alpha value is -2.93. The van der Waals surface area contributed by atoms with Gasteiger partial charge in [-0.3, -0.25) is 0 Å². The third-order valence-electron chi connectivity index (χ3n) is 5.38. The maximum atomic E-state index is 11.8. The van der Waals surface area contributed by atoms with Crippen LogP contribution in [-0.4, -0.2) is 37.4 Å². The van der Waals surface area contributed by atoms with Gasteiger partial charge in [0.1, 0.15) is 12.4 Å². The molecule has 0 atom stereocenters. The molecule has 8 heteroatoms. The van der Waals surface area contributed by atoms with Crippen LogP contribution in [0.25, 0.3) is 0 Å². The molecule has 0 amide bonds. The number of hydrogen-bond acceptors (Lipinski definition) is 5. The van der Waals surface area contributed by atoms with E-state index in [1.807, 2.05) is 47.4 Å². The van der Waals surface area contributed by atoms with E-state index in [4.69, 9.17) is 32.7 Å². The smallest absolute Gasteiger partial charge is 0.337 e. The molecule has 0 bridgehead atoms. The molecule has 0 spiro atoms. The molecule has 3 aromatic rings. The molecule has 1 heterocycles. The highest BCUT2D eigenvalue weighted by molar-refractivity contribution is 6.35. The summed E-state index contributed by atoms with van der Waals surface area (Å²) in [4.78, 5) is 13.9. The lowest BCUT2D eigenvalue weighted by Gasteiger charge is -2.30. The number of nitrogens with one attached hydrogen (secondary N) is 1. The van der Waals surface area contributed by atoms with Crippen LogP contribution >= 0.6 is 23.2 Å². The number of ether oxygens (including phenoxy) is 2. The van der Waals surface area contributed by atoms with E-state index in [1.54, 1.807) is 18.2 Å². The van der Waals surface area contributed by atoms with Gasteiger partial charge in [0.05, 0.1) is 24.5 Å². The molecule has 172 valence electrons. The summed E-state index contributed by atoms with van der Waals surface area (Å²) in [5.41, 5.74) is 3.59. The van der Waals surface area contributed by atoms with Crippen molar-refractivity contribution in [3.05, 3.63) is 87.4 Å². The van der Waals surface area contributed by atoms with Crippen molar-refractivity contribution in [2.75, 3.05) is 36.5 Å². The summed E-state index contributed by atoms with van der Waals surface area (Å²) in [5, 5.41) is 14.2. The van der Waals surface area contributed by atoms with E-state index in [0.717, 1.165) is 16.8 Å². The zero-order chi connectivity index (χ0) is 23.2. The molecule has 1 aliphatic heterocycles. The fraction of sp³-hybridized carbons (Fsp3) is 0.240. The van der Waals surface area contributed by atoms with Crippen LogP contribution in [0, 0.1) is 0 Å². The summed E-state index contributed by atoms with van der Waals surface area (Å²) in [5.74, 6) is -0.231. The van der Waals surface area contributed by atoms with Crippen LogP contribution < -0.4 is 15.0 Å². The SMILES string of the molecule is O=C(O)c1cc(NCc2cccc(OCc3ccc(Cl)cc3Cl)c2)ccc1N1CCOCC1. The van der Waals surface area contributed by atoms with Gasteiger partial charge in [0.25, 0.3) is 0 Å². The Morgan fingerprint density at radius 3 is 2.64 bits per heavy atom. The van der Waals surface area contributed by atoms with Gasteiger partial charge < -0.3 is 24.8 Å². The minimum absolute atomic E-state index is 0.277. The van der Waals surface area contributed by atoms with Crippen LogP contribution in [0.5, 0.6) is 5.75 Å². The standard InChI is InChI=1S/C25H24Cl2N2O4/c26-19-5-4-18(23(27)13-19)16-33-21-3-1-2-17(12-21)15-28-20-6-7-24(22(14-20)25(30)31)29-8-10-32-11-9-29/h1-7,12-14,28H,8-11,15-16H2,(H,30,31). The van der Waals surface area contributed by atoms with E-state index < -0.39 is 5.97 Å². The number of halogens is 2. The molecule has 1 aliphatic rings. The highest BCUT2D eigenvalue weighted by Gasteiger charge is 2.19. The van der Waals surface area contributed by atoms with Gasteiger partial charge in [-0.05, 0) is 48.0 Å². The zero-order valence-electron chi connectivity index (χ0n) is 17.9. The maximum absolute atomic E-state index is 11.8. The van der Waals surface area contributed by atoms with Crippen LogP contribution in [0.2, 0.25) is 10.0 Å². The lowest BCUT2D eigenvalue weighted by atomic mass is 10.1. The van der Waals surface area contributed by atoms with E-state index in [1.165, 1.54) is 0 Å². The summed E-state index contributed by atoms with van der Waals surface area (Å²) >= 11 is 12.2. The summed E-state index contributed by atoms with van der Waals surface area (Å²) < 4.78 is 11.3. The highest BCUT2D eigenvalue weighted by atomic mass is 35.5. The average molecular weight is 487 g/mol. The van der Waals surface area contributed by atoms with Crippen molar-refractivity contribution < 1.29 is 19.4 Å². The molecule has 0 radical (unpaired) electrons. The molecule has 0 saturated carbocycles. The topological polar surface area (TPSA) is 71.0 Å². The van der Waals surface area contributed by atoms with Gasteiger partial charge in [-0.25, -0.2) is 4.79 Å². The van der Waals surface area contributed by atoms with Gasteiger partial charge >= 0.3 is 5.97 Å². The first kappa shape index (κ1) is 23.2. The number of rotatable bonds is 8. The molecule has 3 aromatic carbocycles. The molecule has 0 unspecified atom stereocenters. The number of nitrogens with zero attached hydrogens (tertiary/aromatic N) is 1. The minimum Gasteiger partial charge on any atom is -0.489 e. The lowest BCUT2D eigenvalue weighted by Crippen LogP contribution is -2.37. The molecule has 4 rings (SSSR count). The van der Waals surface area contributed by atoms with E-state index in [0.29, 0.717) is 60.9 Å². The molecule has 2 N–H and O–H groups in total. The first-order chi connectivity index (χ1) is 16.0. The van der Waals surface area contributed by atoms with Crippen LogP contribution in [0.3, 0.4) is 0 Å². The largest absolute Gasteiger partial charge is 0.489 e. The highest BCUT2D eigenvalue weighted by Crippen LogP contribution is 2.27. The maximum Gasteiger partial charge on any atom is 0.337 e.